The van der Waals surface area contributed by atoms with Gasteiger partial charge in [-0.2, -0.15) is 0 Å². The van der Waals surface area contributed by atoms with Gasteiger partial charge in [0.15, 0.2) is 5.78 Å². The van der Waals surface area contributed by atoms with Crippen LogP contribution in [0.25, 0.3) is 0 Å². The lowest BCUT2D eigenvalue weighted by Crippen LogP contribution is -2.48. The Labute approximate surface area is 106 Å². The molecule has 1 saturated heterocycles. The lowest BCUT2D eigenvalue weighted by atomic mass is 9.88. The normalized spacial score (nSPS) is 23.1. The summed E-state index contributed by atoms with van der Waals surface area (Å²) in [4.78, 5) is 14.4. The predicted molar refractivity (Wildman–Crippen MR) is 70.1 cm³/mol. The van der Waals surface area contributed by atoms with Crippen molar-refractivity contribution in [3.63, 3.8) is 0 Å². The van der Waals surface area contributed by atoms with Crippen LogP contribution in [0.15, 0.2) is 0 Å². The van der Waals surface area contributed by atoms with E-state index in [4.69, 9.17) is 4.74 Å². The fourth-order valence-electron chi connectivity index (χ4n) is 1.99. The monoisotopic (exact) mass is 241 g/mol. The second kappa shape index (κ2) is 5.96. The molecule has 0 aromatic heterocycles. The molecule has 100 valence electrons. The minimum Gasteiger partial charge on any atom is -0.368 e. The van der Waals surface area contributed by atoms with Crippen LogP contribution in [-0.2, 0) is 9.53 Å². The number of carbonyl (C=O) groups is 1. The molecule has 0 spiro atoms. The summed E-state index contributed by atoms with van der Waals surface area (Å²) < 4.78 is 5.59. The Morgan fingerprint density at radius 1 is 1.41 bits per heavy atom. The van der Waals surface area contributed by atoms with Crippen LogP contribution < -0.4 is 0 Å². The number of ketones is 1. The van der Waals surface area contributed by atoms with Crippen molar-refractivity contribution in [1.29, 1.82) is 0 Å². The molecule has 0 aromatic rings. The van der Waals surface area contributed by atoms with E-state index < -0.39 is 0 Å². The lowest BCUT2D eigenvalue weighted by Gasteiger charge is -2.35. The number of carbonyl (C=O) groups excluding carboxylic acids is 1. The number of Topliss-reactive ketones (excluding diaryl/α,β-unsaturated/α-hetero) is 1. The Bertz CT molecular complexity index is 255. The van der Waals surface area contributed by atoms with Crippen molar-refractivity contribution < 1.29 is 9.53 Å². The zero-order valence-corrected chi connectivity index (χ0v) is 12.0. The van der Waals surface area contributed by atoms with E-state index in [1.54, 1.807) is 0 Å². The summed E-state index contributed by atoms with van der Waals surface area (Å²) in [5.74, 6) is 0.269. The first kappa shape index (κ1) is 14.7. The highest BCUT2D eigenvalue weighted by molar-refractivity contribution is 5.83. The Morgan fingerprint density at radius 2 is 2.06 bits per heavy atom. The molecule has 1 unspecified atom stereocenters. The van der Waals surface area contributed by atoms with E-state index in [0.29, 0.717) is 19.1 Å². The summed E-state index contributed by atoms with van der Waals surface area (Å²) in [7, 11) is 0. The number of nitrogens with zero attached hydrogens (tertiary/aromatic N) is 1. The Hall–Kier alpha value is -0.410. The van der Waals surface area contributed by atoms with Gasteiger partial charge in [-0.15, -0.1) is 0 Å². The molecule has 0 N–H and O–H groups in total. The summed E-state index contributed by atoms with van der Waals surface area (Å²) in [6.45, 7) is 13.2. The van der Waals surface area contributed by atoms with Crippen molar-refractivity contribution >= 4 is 5.78 Å². The molecule has 0 bridgehead atoms. The van der Waals surface area contributed by atoms with Crippen LogP contribution in [0.1, 0.15) is 47.5 Å². The van der Waals surface area contributed by atoms with Crippen LogP contribution in [-0.4, -0.2) is 42.5 Å². The summed E-state index contributed by atoms with van der Waals surface area (Å²) in [5.41, 5.74) is 0.224. The highest BCUT2D eigenvalue weighted by Gasteiger charge is 2.28. The average molecular weight is 241 g/mol. The zero-order valence-electron chi connectivity index (χ0n) is 12.0. The van der Waals surface area contributed by atoms with Crippen molar-refractivity contribution in [3.05, 3.63) is 0 Å². The summed E-state index contributed by atoms with van der Waals surface area (Å²) in [6.07, 6.45) is 1.38. The zero-order chi connectivity index (χ0) is 13.1. The van der Waals surface area contributed by atoms with Crippen molar-refractivity contribution in [2.24, 2.45) is 5.41 Å². The van der Waals surface area contributed by atoms with Gasteiger partial charge in [0, 0.05) is 25.6 Å². The van der Waals surface area contributed by atoms with E-state index in [2.05, 4.69) is 39.5 Å². The van der Waals surface area contributed by atoms with Crippen molar-refractivity contribution in [2.75, 3.05) is 19.7 Å². The molecular weight excluding hydrogens is 214 g/mol. The smallest absolute Gasteiger partial charge is 0.162 e. The van der Waals surface area contributed by atoms with Gasteiger partial charge in [0.2, 0.25) is 0 Å². The standard InChI is InChI=1S/C14H27NO2/c1-11(2)15-8-9-17-13(10-15)12(16)6-7-14(3,4)5/h11,13H,6-10H2,1-5H3. The highest BCUT2D eigenvalue weighted by atomic mass is 16.5. The number of hydrogen-bond acceptors (Lipinski definition) is 3. The molecule has 0 amide bonds. The predicted octanol–water partition coefficient (Wildman–Crippen LogP) is 2.49. The average Bonchev–Trinajstić information content (AvgIpc) is 2.25. The van der Waals surface area contributed by atoms with Crippen molar-refractivity contribution in [3.8, 4) is 0 Å². The molecule has 0 aliphatic carbocycles. The van der Waals surface area contributed by atoms with Crippen LogP contribution in [0.3, 0.4) is 0 Å². The number of rotatable bonds is 4. The van der Waals surface area contributed by atoms with E-state index in [1.165, 1.54) is 0 Å². The Balaban J connectivity index is 2.41. The molecule has 1 heterocycles. The van der Waals surface area contributed by atoms with Crippen LogP contribution in [0.4, 0.5) is 0 Å². The fourth-order valence-corrected chi connectivity index (χ4v) is 1.99. The maximum atomic E-state index is 12.1. The van der Waals surface area contributed by atoms with Crippen LogP contribution in [0, 0.1) is 5.41 Å². The first-order valence-corrected chi connectivity index (χ1v) is 6.68. The van der Waals surface area contributed by atoms with Gasteiger partial charge in [-0.25, -0.2) is 0 Å². The van der Waals surface area contributed by atoms with Gasteiger partial charge in [0.05, 0.1) is 6.61 Å². The molecule has 1 rings (SSSR count). The van der Waals surface area contributed by atoms with Gasteiger partial charge in [-0.1, -0.05) is 20.8 Å². The van der Waals surface area contributed by atoms with E-state index in [9.17, 15) is 4.79 Å². The third kappa shape index (κ3) is 5.17. The Kier molecular flexibility index (Phi) is 5.14. The van der Waals surface area contributed by atoms with Gasteiger partial charge < -0.3 is 4.74 Å². The van der Waals surface area contributed by atoms with Crippen molar-refractivity contribution in [1.82, 2.24) is 4.90 Å². The molecule has 0 aromatic carbocycles. The molecule has 3 heteroatoms. The molecular formula is C14H27NO2. The second-order valence-corrected chi connectivity index (χ2v) is 6.48. The topological polar surface area (TPSA) is 29.5 Å². The third-order valence-corrected chi connectivity index (χ3v) is 3.31. The van der Waals surface area contributed by atoms with E-state index in [0.717, 1.165) is 19.5 Å². The van der Waals surface area contributed by atoms with Crippen LogP contribution in [0.2, 0.25) is 0 Å². The molecule has 1 aliphatic rings. The molecule has 3 nitrogen and oxygen atoms in total. The second-order valence-electron chi connectivity index (χ2n) is 6.48. The number of hydrogen-bond donors (Lipinski definition) is 0. The SMILES string of the molecule is CC(C)N1CCOC(C(=O)CCC(C)(C)C)C1. The van der Waals surface area contributed by atoms with Crippen LogP contribution in [0.5, 0.6) is 0 Å². The van der Waals surface area contributed by atoms with Gasteiger partial charge in [-0.3, -0.25) is 9.69 Å². The first-order valence-electron chi connectivity index (χ1n) is 6.68. The van der Waals surface area contributed by atoms with Gasteiger partial charge >= 0.3 is 0 Å². The van der Waals surface area contributed by atoms with E-state index in [1.807, 2.05) is 0 Å². The van der Waals surface area contributed by atoms with E-state index in [-0.39, 0.29) is 17.3 Å². The van der Waals surface area contributed by atoms with Crippen LogP contribution >= 0.6 is 0 Å². The molecule has 1 atom stereocenters. The largest absolute Gasteiger partial charge is 0.368 e. The highest BCUT2D eigenvalue weighted by Crippen LogP contribution is 2.22. The quantitative estimate of drug-likeness (QED) is 0.757. The van der Waals surface area contributed by atoms with Gasteiger partial charge in [-0.05, 0) is 25.7 Å². The van der Waals surface area contributed by atoms with Gasteiger partial charge in [0.1, 0.15) is 6.10 Å². The number of ether oxygens (including phenoxy) is 1. The molecule has 1 aliphatic heterocycles. The maximum absolute atomic E-state index is 12.1. The number of morpholine rings is 1. The molecule has 0 saturated carbocycles. The third-order valence-electron chi connectivity index (χ3n) is 3.31. The summed E-state index contributed by atoms with van der Waals surface area (Å²) in [6, 6.07) is 0.497. The molecule has 17 heavy (non-hydrogen) atoms. The molecule has 0 radical (unpaired) electrons. The van der Waals surface area contributed by atoms with E-state index >= 15 is 0 Å². The first-order chi connectivity index (χ1) is 7.79. The minimum atomic E-state index is -0.200. The molecule has 1 fully saturated rings. The summed E-state index contributed by atoms with van der Waals surface area (Å²) in [5, 5.41) is 0. The van der Waals surface area contributed by atoms with Gasteiger partial charge in [0.25, 0.3) is 0 Å². The van der Waals surface area contributed by atoms with Crippen molar-refractivity contribution in [2.45, 2.75) is 59.6 Å². The Morgan fingerprint density at radius 3 is 2.59 bits per heavy atom. The fraction of sp³-hybridized carbons (Fsp3) is 0.929. The maximum Gasteiger partial charge on any atom is 0.162 e. The summed E-state index contributed by atoms with van der Waals surface area (Å²) >= 11 is 0. The minimum absolute atomic E-state index is 0.200. The lowest BCUT2D eigenvalue weighted by molar-refractivity contribution is -0.137.